The summed E-state index contributed by atoms with van der Waals surface area (Å²) >= 11 is 0. The summed E-state index contributed by atoms with van der Waals surface area (Å²) in [5, 5.41) is 3.51. The Balaban J connectivity index is 1.67. The van der Waals surface area contributed by atoms with E-state index in [9.17, 15) is 0 Å². The van der Waals surface area contributed by atoms with Gasteiger partial charge in [-0.3, -0.25) is 0 Å². The molecule has 1 saturated carbocycles. The van der Waals surface area contributed by atoms with Crippen molar-refractivity contribution >= 4 is 0 Å². The fourth-order valence-corrected chi connectivity index (χ4v) is 3.09. The van der Waals surface area contributed by atoms with E-state index >= 15 is 0 Å². The number of rotatable bonds is 3. The smallest absolute Gasteiger partial charge is 0.0218 e. The van der Waals surface area contributed by atoms with Crippen LogP contribution < -0.4 is 5.32 Å². The Labute approximate surface area is 94.4 Å². The van der Waals surface area contributed by atoms with Gasteiger partial charge in [-0.15, -0.1) is 0 Å². The zero-order valence-electron chi connectivity index (χ0n) is 10.2. The highest BCUT2D eigenvalue weighted by Gasteiger charge is 2.20. The van der Waals surface area contributed by atoms with Gasteiger partial charge in [-0.2, -0.15) is 0 Å². The monoisotopic (exact) mass is 210 g/mol. The molecule has 0 aromatic carbocycles. The number of likely N-dealkylation sites (N-methyl/N-ethyl adjacent to an activating group) is 1. The van der Waals surface area contributed by atoms with E-state index in [2.05, 4.69) is 17.3 Å². The van der Waals surface area contributed by atoms with Crippen molar-refractivity contribution in [3.8, 4) is 0 Å². The second-order valence-electron chi connectivity index (χ2n) is 5.42. The van der Waals surface area contributed by atoms with Gasteiger partial charge in [-0.05, 0) is 25.8 Å². The predicted octanol–water partition coefficient (Wildman–Crippen LogP) is 2.25. The van der Waals surface area contributed by atoms with Crippen LogP contribution in [0.15, 0.2) is 0 Å². The van der Waals surface area contributed by atoms with Gasteiger partial charge in [0.1, 0.15) is 0 Å². The topological polar surface area (TPSA) is 15.3 Å². The van der Waals surface area contributed by atoms with Gasteiger partial charge >= 0.3 is 0 Å². The van der Waals surface area contributed by atoms with Crippen molar-refractivity contribution in [1.82, 2.24) is 10.2 Å². The summed E-state index contributed by atoms with van der Waals surface area (Å²) in [6.45, 7) is 3.62. The molecule has 2 rings (SSSR count). The van der Waals surface area contributed by atoms with E-state index in [0.717, 1.165) is 12.0 Å². The van der Waals surface area contributed by atoms with Crippen molar-refractivity contribution in [3.05, 3.63) is 0 Å². The molecule has 0 amide bonds. The molecule has 0 aromatic rings. The molecule has 2 heteroatoms. The third-order valence-corrected chi connectivity index (χ3v) is 4.28. The first-order chi connectivity index (χ1) is 7.36. The van der Waals surface area contributed by atoms with E-state index in [0.29, 0.717) is 0 Å². The molecule has 15 heavy (non-hydrogen) atoms. The van der Waals surface area contributed by atoms with Crippen molar-refractivity contribution < 1.29 is 0 Å². The lowest BCUT2D eigenvalue weighted by Gasteiger charge is -2.34. The number of nitrogens with zero attached hydrogens (tertiary/aromatic N) is 1. The van der Waals surface area contributed by atoms with Crippen LogP contribution in [-0.4, -0.2) is 37.6 Å². The van der Waals surface area contributed by atoms with Crippen LogP contribution in [0.1, 0.15) is 44.9 Å². The van der Waals surface area contributed by atoms with Crippen LogP contribution in [0.5, 0.6) is 0 Å². The van der Waals surface area contributed by atoms with E-state index in [4.69, 9.17) is 0 Å². The summed E-state index contributed by atoms with van der Waals surface area (Å²) in [5.41, 5.74) is 0. The van der Waals surface area contributed by atoms with Gasteiger partial charge in [0.15, 0.2) is 0 Å². The maximum atomic E-state index is 3.51. The van der Waals surface area contributed by atoms with Gasteiger partial charge in [0.05, 0.1) is 0 Å². The van der Waals surface area contributed by atoms with E-state index in [1.807, 2.05) is 0 Å². The summed E-state index contributed by atoms with van der Waals surface area (Å²) in [7, 11) is 2.28. The van der Waals surface area contributed by atoms with Gasteiger partial charge in [0, 0.05) is 25.7 Å². The Morgan fingerprint density at radius 2 is 1.93 bits per heavy atom. The lowest BCUT2D eigenvalue weighted by atomic mass is 9.85. The summed E-state index contributed by atoms with van der Waals surface area (Å²) in [4.78, 5) is 2.54. The largest absolute Gasteiger partial charge is 0.314 e. The second kappa shape index (κ2) is 5.86. The van der Waals surface area contributed by atoms with Gasteiger partial charge in [0.2, 0.25) is 0 Å². The first-order valence-electron chi connectivity index (χ1n) is 6.77. The van der Waals surface area contributed by atoms with Crippen molar-refractivity contribution in [3.63, 3.8) is 0 Å². The highest BCUT2D eigenvalue weighted by Crippen LogP contribution is 2.28. The standard InChI is InChI=1S/C13H26N2/c1-15-10-9-14-11-13(15)8-7-12-5-3-2-4-6-12/h12-14H,2-11H2,1H3. The summed E-state index contributed by atoms with van der Waals surface area (Å²) < 4.78 is 0. The first kappa shape index (κ1) is 11.4. The highest BCUT2D eigenvalue weighted by atomic mass is 15.2. The molecular formula is C13H26N2. The maximum Gasteiger partial charge on any atom is 0.0218 e. The Morgan fingerprint density at radius 3 is 2.67 bits per heavy atom. The second-order valence-corrected chi connectivity index (χ2v) is 5.42. The molecule has 0 aromatic heterocycles. The fraction of sp³-hybridized carbons (Fsp3) is 1.00. The lowest BCUT2D eigenvalue weighted by molar-refractivity contribution is 0.175. The Kier molecular flexibility index (Phi) is 4.45. The molecule has 2 nitrogen and oxygen atoms in total. The van der Waals surface area contributed by atoms with Gasteiger partial charge in [-0.1, -0.05) is 32.1 Å². The van der Waals surface area contributed by atoms with Gasteiger partial charge in [-0.25, -0.2) is 0 Å². The summed E-state index contributed by atoms with van der Waals surface area (Å²) in [6, 6.07) is 0.806. The molecule has 2 fully saturated rings. The van der Waals surface area contributed by atoms with Crippen LogP contribution in [0.3, 0.4) is 0 Å². The highest BCUT2D eigenvalue weighted by molar-refractivity contribution is 4.78. The third-order valence-electron chi connectivity index (χ3n) is 4.28. The maximum absolute atomic E-state index is 3.51. The zero-order chi connectivity index (χ0) is 10.5. The van der Waals surface area contributed by atoms with E-state index in [1.54, 1.807) is 0 Å². The molecule has 1 aliphatic heterocycles. The summed E-state index contributed by atoms with van der Waals surface area (Å²) in [5.74, 6) is 1.05. The molecule has 1 atom stereocenters. The van der Waals surface area contributed by atoms with Crippen LogP contribution in [0, 0.1) is 5.92 Å². The Hall–Kier alpha value is -0.0800. The molecule has 1 unspecified atom stereocenters. The van der Waals surface area contributed by atoms with Crippen molar-refractivity contribution in [2.75, 3.05) is 26.7 Å². The van der Waals surface area contributed by atoms with Crippen LogP contribution in [0.25, 0.3) is 0 Å². The van der Waals surface area contributed by atoms with E-state index < -0.39 is 0 Å². The molecule has 0 radical (unpaired) electrons. The average Bonchev–Trinajstić information content (AvgIpc) is 2.29. The molecule has 0 bridgehead atoms. The normalized spacial score (nSPS) is 30.6. The van der Waals surface area contributed by atoms with Crippen LogP contribution >= 0.6 is 0 Å². The molecule has 1 saturated heterocycles. The molecule has 1 aliphatic carbocycles. The van der Waals surface area contributed by atoms with Crippen molar-refractivity contribution in [1.29, 1.82) is 0 Å². The minimum atomic E-state index is 0.806. The predicted molar refractivity (Wildman–Crippen MR) is 65.1 cm³/mol. The van der Waals surface area contributed by atoms with Crippen molar-refractivity contribution in [2.45, 2.75) is 51.0 Å². The lowest BCUT2D eigenvalue weighted by Crippen LogP contribution is -2.49. The quantitative estimate of drug-likeness (QED) is 0.768. The number of piperazine rings is 1. The van der Waals surface area contributed by atoms with Crippen LogP contribution in [0.2, 0.25) is 0 Å². The molecule has 2 aliphatic rings. The van der Waals surface area contributed by atoms with E-state index in [-0.39, 0.29) is 0 Å². The van der Waals surface area contributed by atoms with Crippen LogP contribution in [0.4, 0.5) is 0 Å². The summed E-state index contributed by atoms with van der Waals surface area (Å²) in [6.07, 6.45) is 10.4. The Morgan fingerprint density at radius 1 is 1.13 bits per heavy atom. The van der Waals surface area contributed by atoms with Gasteiger partial charge in [0.25, 0.3) is 0 Å². The Bertz CT molecular complexity index is 175. The molecular weight excluding hydrogens is 184 g/mol. The third kappa shape index (κ3) is 3.46. The number of nitrogens with one attached hydrogen (secondary N) is 1. The molecule has 0 spiro atoms. The van der Waals surface area contributed by atoms with Gasteiger partial charge < -0.3 is 10.2 Å². The van der Waals surface area contributed by atoms with Crippen molar-refractivity contribution in [2.24, 2.45) is 5.92 Å². The minimum Gasteiger partial charge on any atom is -0.314 e. The van der Waals surface area contributed by atoms with Crippen LogP contribution in [-0.2, 0) is 0 Å². The molecule has 1 heterocycles. The first-order valence-corrected chi connectivity index (χ1v) is 6.77. The zero-order valence-corrected chi connectivity index (χ0v) is 10.2. The number of hydrogen-bond acceptors (Lipinski definition) is 2. The number of hydrogen-bond donors (Lipinski definition) is 1. The molecule has 88 valence electrons. The average molecular weight is 210 g/mol. The molecule has 1 N–H and O–H groups in total. The van der Waals surface area contributed by atoms with E-state index in [1.165, 1.54) is 64.6 Å². The SMILES string of the molecule is CN1CCNCC1CCC1CCCCC1. The fourth-order valence-electron chi connectivity index (χ4n) is 3.09. The minimum absolute atomic E-state index is 0.806.